The first kappa shape index (κ1) is 37.7. The number of carbonyl (C=O) groups is 2. The fourth-order valence-corrected chi connectivity index (χ4v) is 6.60. The molecule has 0 aromatic heterocycles. The predicted octanol–water partition coefficient (Wildman–Crippen LogP) is 5.75. The Balaban J connectivity index is 1.11. The molecule has 1 heterocycles. The van der Waals surface area contributed by atoms with Gasteiger partial charge in [-0.3, -0.25) is 9.69 Å². The van der Waals surface area contributed by atoms with Crippen molar-refractivity contribution in [1.82, 2.24) is 20.4 Å². The Morgan fingerprint density at radius 3 is 2.21 bits per heavy atom. The normalized spacial score (nSPS) is 18.9. The summed E-state index contributed by atoms with van der Waals surface area (Å²) in [6.45, 7) is 7.99. The highest BCUT2D eigenvalue weighted by Crippen LogP contribution is 2.35. The second kappa shape index (κ2) is 20.4. The van der Waals surface area contributed by atoms with Gasteiger partial charge in [0.25, 0.3) is 0 Å². The summed E-state index contributed by atoms with van der Waals surface area (Å²) in [5, 5.41) is 10.8. The van der Waals surface area contributed by atoms with Crippen molar-refractivity contribution < 1.29 is 23.8 Å². The lowest BCUT2D eigenvalue weighted by Gasteiger charge is -2.40. The molecular formula is C34H47Cl2N7O5. The molecule has 0 unspecified atom stereocenters. The number of amides is 3. The van der Waals surface area contributed by atoms with E-state index >= 15 is 0 Å². The molecule has 4 rings (SSSR count). The molecule has 0 radical (unpaired) electrons. The Morgan fingerprint density at radius 2 is 1.56 bits per heavy atom. The maximum absolute atomic E-state index is 13.2. The summed E-state index contributed by atoms with van der Waals surface area (Å²) < 4.78 is 16.2. The van der Waals surface area contributed by atoms with Gasteiger partial charge in [0.05, 0.1) is 45.7 Å². The average molecular weight is 705 g/mol. The zero-order chi connectivity index (χ0) is 34.1. The van der Waals surface area contributed by atoms with Crippen LogP contribution in [0, 0.1) is 12.8 Å². The number of ether oxygens (including phenoxy) is 3. The number of rotatable bonds is 17. The SMILES string of the molecule is Cc1ccc([C@@H](c2ccc(Cl)cc2Cl)N2CCN(C(=O)NC3CCC(C(=O)NCCOCCOCCOCCN=[N+]=[N-])CC3)CC2)cc1. The maximum atomic E-state index is 13.2. The van der Waals surface area contributed by atoms with E-state index in [9.17, 15) is 9.59 Å². The van der Waals surface area contributed by atoms with Crippen LogP contribution in [-0.4, -0.2) is 107 Å². The van der Waals surface area contributed by atoms with E-state index in [4.69, 9.17) is 42.9 Å². The number of benzene rings is 2. The largest absolute Gasteiger partial charge is 0.379 e. The molecule has 14 heteroatoms. The lowest BCUT2D eigenvalue weighted by molar-refractivity contribution is -0.126. The predicted molar refractivity (Wildman–Crippen MR) is 186 cm³/mol. The zero-order valence-corrected chi connectivity index (χ0v) is 29.1. The Labute approximate surface area is 293 Å². The Hall–Kier alpha value is -3.09. The van der Waals surface area contributed by atoms with Crippen LogP contribution in [0.25, 0.3) is 10.4 Å². The van der Waals surface area contributed by atoms with Crippen molar-refractivity contribution in [3.05, 3.63) is 79.6 Å². The van der Waals surface area contributed by atoms with Crippen LogP contribution in [-0.2, 0) is 19.0 Å². The first-order valence-corrected chi connectivity index (χ1v) is 17.4. The third-order valence-electron chi connectivity index (χ3n) is 8.73. The molecular weight excluding hydrogens is 657 g/mol. The molecule has 2 fully saturated rings. The van der Waals surface area contributed by atoms with Gasteiger partial charge in [-0.1, -0.05) is 64.2 Å². The first-order valence-electron chi connectivity index (χ1n) is 16.7. The number of piperazine rings is 1. The topological polar surface area (TPSA) is 141 Å². The van der Waals surface area contributed by atoms with Crippen LogP contribution in [0.4, 0.5) is 4.79 Å². The van der Waals surface area contributed by atoms with Crippen LogP contribution in [0.1, 0.15) is 48.4 Å². The summed E-state index contributed by atoms with van der Waals surface area (Å²) in [4.78, 5) is 32.8. The molecule has 0 spiro atoms. The second-order valence-corrected chi connectivity index (χ2v) is 12.9. The van der Waals surface area contributed by atoms with Gasteiger partial charge in [-0.2, -0.15) is 0 Å². The van der Waals surface area contributed by atoms with Gasteiger partial charge in [0, 0.05) is 66.2 Å². The van der Waals surface area contributed by atoms with Gasteiger partial charge in [0.1, 0.15) is 0 Å². The fraction of sp³-hybridized carbons (Fsp3) is 0.588. The molecule has 48 heavy (non-hydrogen) atoms. The summed E-state index contributed by atoms with van der Waals surface area (Å²) in [7, 11) is 0. The van der Waals surface area contributed by atoms with E-state index in [2.05, 4.69) is 56.7 Å². The number of aryl methyl sites for hydroxylation is 1. The third-order valence-corrected chi connectivity index (χ3v) is 9.29. The maximum Gasteiger partial charge on any atom is 0.317 e. The van der Waals surface area contributed by atoms with Gasteiger partial charge < -0.3 is 29.7 Å². The van der Waals surface area contributed by atoms with Gasteiger partial charge in [0.2, 0.25) is 5.91 Å². The number of nitrogens with zero attached hydrogens (tertiary/aromatic N) is 5. The number of hydrogen-bond donors (Lipinski definition) is 2. The van der Waals surface area contributed by atoms with Crippen molar-refractivity contribution in [3.8, 4) is 0 Å². The van der Waals surface area contributed by atoms with Crippen LogP contribution in [0.3, 0.4) is 0 Å². The van der Waals surface area contributed by atoms with Gasteiger partial charge in [-0.25, -0.2) is 4.79 Å². The van der Waals surface area contributed by atoms with Crippen LogP contribution in [0.2, 0.25) is 10.0 Å². The highest BCUT2D eigenvalue weighted by molar-refractivity contribution is 6.35. The van der Waals surface area contributed by atoms with Crippen molar-refractivity contribution in [2.24, 2.45) is 11.0 Å². The zero-order valence-electron chi connectivity index (χ0n) is 27.6. The van der Waals surface area contributed by atoms with Crippen LogP contribution < -0.4 is 10.6 Å². The van der Waals surface area contributed by atoms with Crippen molar-refractivity contribution in [2.45, 2.75) is 44.7 Å². The lowest BCUT2D eigenvalue weighted by Crippen LogP contribution is -2.54. The fourth-order valence-electron chi connectivity index (χ4n) is 6.09. The highest BCUT2D eigenvalue weighted by Gasteiger charge is 2.32. The van der Waals surface area contributed by atoms with E-state index in [0.29, 0.717) is 89.0 Å². The van der Waals surface area contributed by atoms with Crippen LogP contribution >= 0.6 is 23.2 Å². The Morgan fingerprint density at radius 1 is 0.917 bits per heavy atom. The van der Waals surface area contributed by atoms with Gasteiger partial charge >= 0.3 is 6.03 Å². The molecule has 1 aliphatic heterocycles. The molecule has 2 aliphatic rings. The van der Waals surface area contributed by atoms with Crippen molar-refractivity contribution in [1.29, 1.82) is 0 Å². The standard InChI is InChI=1S/C34H47Cl2N7O5/c1-25-2-4-26(5-3-25)32(30-11-8-28(35)24-31(30)36)42-14-16-43(17-15-42)34(45)40-29-9-6-27(7-10-29)33(44)38-12-18-46-20-22-48-23-21-47-19-13-39-41-37/h2-5,8,11,24,27,29,32H,6-7,9-10,12-23H2,1H3,(H,38,44)(H,40,45)/t27?,29?,32-/m0/s1. The van der Waals surface area contributed by atoms with E-state index in [-0.39, 0.29) is 29.9 Å². The molecule has 1 saturated carbocycles. The monoisotopic (exact) mass is 703 g/mol. The number of carbonyl (C=O) groups excluding carboxylic acids is 2. The minimum Gasteiger partial charge on any atom is -0.379 e. The summed E-state index contributed by atoms with van der Waals surface area (Å²) in [5.74, 6) is -0.0140. The van der Waals surface area contributed by atoms with Crippen LogP contribution in [0.5, 0.6) is 0 Å². The minimum absolute atomic E-state index is 0.0394. The minimum atomic E-state index is -0.0534. The summed E-state index contributed by atoms with van der Waals surface area (Å²) in [5.41, 5.74) is 11.5. The first-order chi connectivity index (χ1) is 23.4. The molecule has 2 N–H and O–H groups in total. The summed E-state index contributed by atoms with van der Waals surface area (Å²) in [6, 6.07) is 14.1. The number of nitrogens with one attached hydrogen (secondary N) is 2. The molecule has 1 atom stereocenters. The van der Waals surface area contributed by atoms with Gasteiger partial charge in [0.15, 0.2) is 0 Å². The molecule has 2 aromatic carbocycles. The number of urea groups is 1. The van der Waals surface area contributed by atoms with E-state index < -0.39 is 0 Å². The molecule has 12 nitrogen and oxygen atoms in total. The Kier molecular flexibility index (Phi) is 16.1. The quantitative estimate of drug-likeness (QED) is 0.0930. The highest BCUT2D eigenvalue weighted by atomic mass is 35.5. The molecule has 0 bridgehead atoms. The summed E-state index contributed by atoms with van der Waals surface area (Å²) in [6.07, 6.45) is 3.03. The molecule has 1 saturated heterocycles. The third kappa shape index (κ3) is 12.1. The van der Waals surface area contributed by atoms with Crippen molar-refractivity contribution in [2.75, 3.05) is 78.9 Å². The number of azide groups is 1. The van der Waals surface area contributed by atoms with Gasteiger partial charge in [-0.05, 0) is 61.4 Å². The van der Waals surface area contributed by atoms with E-state index in [1.807, 2.05) is 17.0 Å². The summed E-state index contributed by atoms with van der Waals surface area (Å²) >= 11 is 12.9. The average Bonchev–Trinajstić information content (AvgIpc) is 3.09. The number of halogens is 2. The van der Waals surface area contributed by atoms with Crippen molar-refractivity contribution in [3.63, 3.8) is 0 Å². The molecule has 2 aromatic rings. The smallest absolute Gasteiger partial charge is 0.317 e. The Bertz CT molecular complexity index is 1350. The van der Waals surface area contributed by atoms with E-state index in [0.717, 1.165) is 36.8 Å². The molecule has 262 valence electrons. The second-order valence-electron chi connectivity index (χ2n) is 12.1. The number of hydrogen-bond acceptors (Lipinski definition) is 7. The van der Waals surface area contributed by atoms with Crippen LogP contribution in [0.15, 0.2) is 47.6 Å². The lowest BCUT2D eigenvalue weighted by atomic mass is 9.85. The van der Waals surface area contributed by atoms with E-state index in [1.165, 1.54) is 5.56 Å². The molecule has 1 aliphatic carbocycles. The van der Waals surface area contributed by atoms with E-state index in [1.54, 1.807) is 6.07 Å². The molecule has 3 amide bonds. The van der Waals surface area contributed by atoms with Crippen molar-refractivity contribution >= 4 is 35.1 Å². The van der Waals surface area contributed by atoms with Gasteiger partial charge in [-0.15, -0.1) is 0 Å².